The Morgan fingerprint density at radius 2 is 1.27 bits per heavy atom. The maximum atomic E-state index is 3.87. The molecule has 0 aliphatic heterocycles. The number of rotatable bonds is 5. The molecule has 0 radical (unpaired) electrons. The van der Waals surface area contributed by atoms with Crippen molar-refractivity contribution in [3.8, 4) is 32.3 Å². The standard InChI is InChI=1S/C30H28S2Si/c1-4-33(5-2,6-3)18-15-24-20-25-19-22-11-7-8-12-23(22)21-26(25)30(28-14-10-17-32-28)29(24)27-13-9-16-31-27/h7-14,16-17,19-21H,4-6H2,1-3H3. The van der Waals surface area contributed by atoms with Crippen LogP contribution >= 0.6 is 22.7 Å². The fraction of sp³-hybridized carbons (Fsp3) is 0.200. The quantitative estimate of drug-likeness (QED) is 0.133. The molecule has 0 unspecified atom stereocenters. The smallest absolute Gasteiger partial charge is 0.138 e. The van der Waals surface area contributed by atoms with E-state index in [1.807, 2.05) is 22.7 Å². The minimum atomic E-state index is -1.56. The highest BCUT2D eigenvalue weighted by molar-refractivity contribution is 7.14. The maximum absolute atomic E-state index is 3.87. The molecule has 33 heavy (non-hydrogen) atoms. The van der Waals surface area contributed by atoms with Gasteiger partial charge >= 0.3 is 0 Å². The second-order valence-electron chi connectivity index (χ2n) is 8.64. The van der Waals surface area contributed by atoms with Gasteiger partial charge in [0.2, 0.25) is 0 Å². The summed E-state index contributed by atoms with van der Waals surface area (Å²) in [4.78, 5) is 2.61. The van der Waals surface area contributed by atoms with Crippen molar-refractivity contribution >= 4 is 52.3 Å². The second kappa shape index (κ2) is 9.31. The van der Waals surface area contributed by atoms with Crippen LogP contribution in [0.15, 0.2) is 77.5 Å². The lowest BCUT2D eigenvalue weighted by atomic mass is 9.90. The normalized spacial score (nSPS) is 11.6. The van der Waals surface area contributed by atoms with Crippen molar-refractivity contribution < 1.29 is 0 Å². The summed E-state index contributed by atoms with van der Waals surface area (Å²) in [5.41, 5.74) is 7.68. The average Bonchev–Trinajstić information content (AvgIpc) is 3.58. The summed E-state index contributed by atoms with van der Waals surface area (Å²) in [6, 6.07) is 28.2. The Kier molecular flexibility index (Phi) is 6.25. The lowest BCUT2D eigenvalue weighted by molar-refractivity contribution is 1.20. The molecule has 164 valence electrons. The molecular formula is C30H28S2Si. The first-order valence-corrected chi connectivity index (χ1v) is 16.2. The van der Waals surface area contributed by atoms with Crippen LogP contribution in [0.2, 0.25) is 18.1 Å². The Labute approximate surface area is 205 Å². The molecule has 5 rings (SSSR count). The van der Waals surface area contributed by atoms with Crippen LogP contribution in [-0.2, 0) is 0 Å². The van der Waals surface area contributed by atoms with E-state index in [4.69, 9.17) is 0 Å². The minimum Gasteiger partial charge on any atom is -0.144 e. The van der Waals surface area contributed by atoms with E-state index < -0.39 is 8.07 Å². The molecule has 0 fully saturated rings. The summed E-state index contributed by atoms with van der Waals surface area (Å²) in [5, 5.41) is 9.52. The zero-order valence-electron chi connectivity index (χ0n) is 19.4. The fourth-order valence-electron chi connectivity index (χ4n) is 4.76. The number of hydrogen-bond acceptors (Lipinski definition) is 2. The minimum absolute atomic E-state index is 1.18. The van der Waals surface area contributed by atoms with E-state index in [0.29, 0.717) is 0 Å². The summed E-state index contributed by atoms with van der Waals surface area (Å²) in [5.74, 6) is 3.76. The van der Waals surface area contributed by atoms with Gasteiger partial charge in [0.25, 0.3) is 0 Å². The van der Waals surface area contributed by atoms with Gasteiger partial charge in [-0.05, 0) is 80.8 Å². The summed E-state index contributed by atoms with van der Waals surface area (Å²) in [6.45, 7) is 6.99. The topological polar surface area (TPSA) is 0 Å². The molecule has 0 aliphatic rings. The number of benzene rings is 3. The predicted molar refractivity (Wildman–Crippen MR) is 152 cm³/mol. The molecular weight excluding hydrogens is 453 g/mol. The number of fused-ring (bicyclic) bond motifs is 2. The third kappa shape index (κ3) is 4.08. The lowest BCUT2D eigenvalue weighted by Gasteiger charge is -2.20. The zero-order chi connectivity index (χ0) is 22.8. The van der Waals surface area contributed by atoms with Crippen molar-refractivity contribution in [3.05, 3.63) is 83.1 Å². The van der Waals surface area contributed by atoms with Gasteiger partial charge in [0.05, 0.1) is 0 Å². The molecule has 0 amide bonds. The van der Waals surface area contributed by atoms with Crippen molar-refractivity contribution in [1.82, 2.24) is 0 Å². The molecule has 2 aromatic heterocycles. The highest BCUT2D eigenvalue weighted by atomic mass is 32.1. The molecule has 0 aliphatic carbocycles. The SMILES string of the molecule is CC[Si](C#Cc1cc2cc3ccccc3cc2c(-c2cccs2)c1-c1cccs1)(CC)CC. The molecule has 0 nitrogen and oxygen atoms in total. The van der Waals surface area contributed by atoms with Gasteiger partial charge in [-0.1, -0.05) is 63.1 Å². The summed E-state index contributed by atoms with van der Waals surface area (Å²) >= 11 is 3.63. The van der Waals surface area contributed by atoms with Gasteiger partial charge in [0.15, 0.2) is 0 Å². The largest absolute Gasteiger partial charge is 0.144 e. The van der Waals surface area contributed by atoms with E-state index >= 15 is 0 Å². The number of hydrogen-bond donors (Lipinski definition) is 0. The Bertz CT molecular complexity index is 1450. The van der Waals surface area contributed by atoms with Gasteiger partial charge in [0.1, 0.15) is 8.07 Å². The van der Waals surface area contributed by atoms with E-state index in [2.05, 4.69) is 110 Å². The maximum Gasteiger partial charge on any atom is 0.138 e. The van der Waals surface area contributed by atoms with Crippen LogP contribution in [0, 0.1) is 11.5 Å². The van der Waals surface area contributed by atoms with Gasteiger partial charge in [-0.15, -0.1) is 28.2 Å². The second-order valence-corrected chi connectivity index (χ2v) is 15.5. The van der Waals surface area contributed by atoms with Crippen LogP contribution in [-0.4, -0.2) is 8.07 Å². The average molecular weight is 481 g/mol. The summed E-state index contributed by atoms with van der Waals surface area (Å²) < 4.78 is 0. The van der Waals surface area contributed by atoms with Crippen LogP contribution in [0.1, 0.15) is 26.3 Å². The predicted octanol–water partition coefficient (Wildman–Crippen LogP) is 9.85. The van der Waals surface area contributed by atoms with Gasteiger partial charge in [-0.3, -0.25) is 0 Å². The summed E-state index contributed by atoms with van der Waals surface area (Å²) in [7, 11) is -1.56. The molecule has 0 atom stereocenters. The zero-order valence-corrected chi connectivity index (χ0v) is 22.1. The molecule has 3 aromatic carbocycles. The first kappa shape index (κ1) is 22.2. The van der Waals surface area contributed by atoms with Gasteiger partial charge in [-0.2, -0.15) is 0 Å². The van der Waals surface area contributed by atoms with E-state index in [9.17, 15) is 0 Å². The molecule has 0 spiro atoms. The van der Waals surface area contributed by atoms with E-state index in [-0.39, 0.29) is 0 Å². The molecule has 2 heterocycles. The van der Waals surface area contributed by atoms with Crippen LogP contribution in [0.25, 0.3) is 42.4 Å². The first-order valence-electron chi connectivity index (χ1n) is 11.8. The lowest BCUT2D eigenvalue weighted by Crippen LogP contribution is -2.29. The Morgan fingerprint density at radius 3 is 1.85 bits per heavy atom. The van der Waals surface area contributed by atoms with Gasteiger partial charge < -0.3 is 0 Å². The number of thiophene rings is 2. The van der Waals surface area contributed by atoms with Crippen LogP contribution in [0.5, 0.6) is 0 Å². The van der Waals surface area contributed by atoms with E-state index in [1.54, 1.807) is 0 Å². The monoisotopic (exact) mass is 480 g/mol. The molecule has 0 saturated carbocycles. The Balaban J connectivity index is 1.90. The van der Waals surface area contributed by atoms with Gasteiger partial charge in [-0.25, -0.2) is 0 Å². The Hall–Kier alpha value is -2.64. The van der Waals surface area contributed by atoms with Crippen LogP contribution in [0.4, 0.5) is 0 Å². The van der Waals surface area contributed by atoms with Gasteiger partial charge in [0, 0.05) is 26.4 Å². The molecule has 5 aromatic rings. The molecule has 3 heteroatoms. The van der Waals surface area contributed by atoms with Crippen LogP contribution < -0.4 is 0 Å². The molecule has 0 bridgehead atoms. The summed E-state index contributed by atoms with van der Waals surface area (Å²) in [6.07, 6.45) is 0. The third-order valence-corrected chi connectivity index (χ3v) is 13.5. The van der Waals surface area contributed by atoms with E-state index in [0.717, 1.165) is 0 Å². The molecule has 0 N–H and O–H groups in total. The van der Waals surface area contributed by atoms with Crippen molar-refractivity contribution in [1.29, 1.82) is 0 Å². The first-order chi connectivity index (χ1) is 16.2. The Morgan fingerprint density at radius 1 is 0.667 bits per heavy atom. The van der Waals surface area contributed by atoms with Crippen molar-refractivity contribution in [2.24, 2.45) is 0 Å². The highest BCUT2D eigenvalue weighted by Crippen LogP contribution is 2.44. The third-order valence-electron chi connectivity index (χ3n) is 7.03. The highest BCUT2D eigenvalue weighted by Gasteiger charge is 2.25. The molecule has 0 saturated heterocycles. The van der Waals surface area contributed by atoms with Crippen LogP contribution in [0.3, 0.4) is 0 Å². The van der Waals surface area contributed by atoms with Crippen molar-refractivity contribution in [2.45, 2.75) is 38.9 Å². The van der Waals surface area contributed by atoms with Crippen molar-refractivity contribution in [3.63, 3.8) is 0 Å². The van der Waals surface area contributed by atoms with Crippen molar-refractivity contribution in [2.75, 3.05) is 0 Å². The fourth-order valence-corrected chi connectivity index (χ4v) is 8.77. The van der Waals surface area contributed by atoms with E-state index in [1.165, 1.54) is 66.1 Å².